The molecule has 0 saturated carbocycles. The Bertz CT molecular complexity index is 573. The normalized spacial score (nSPS) is 11.4. The molecule has 2 aromatic rings. The molecule has 0 aliphatic rings. The van der Waals surface area contributed by atoms with Gasteiger partial charge in [-0.15, -0.1) is 0 Å². The zero-order valence-electron chi connectivity index (χ0n) is 13.0. The molecule has 112 valence electrons. The Labute approximate surface area is 142 Å². The number of rotatable bonds is 6. The summed E-state index contributed by atoms with van der Waals surface area (Å²) in [6.45, 7) is 8.04. The van der Waals surface area contributed by atoms with Crippen molar-refractivity contribution in [1.82, 2.24) is 0 Å². The van der Waals surface area contributed by atoms with Gasteiger partial charge >= 0.3 is 0 Å². The highest BCUT2D eigenvalue weighted by molar-refractivity contribution is 14.1. The lowest BCUT2D eigenvalue weighted by atomic mass is 10.1. The number of benzene rings is 2. The maximum Gasteiger partial charge on any atom is 0.119 e. The molecule has 21 heavy (non-hydrogen) atoms. The van der Waals surface area contributed by atoms with E-state index in [1.54, 1.807) is 0 Å². The van der Waals surface area contributed by atoms with E-state index in [9.17, 15) is 0 Å². The molecule has 0 aliphatic carbocycles. The van der Waals surface area contributed by atoms with Crippen molar-refractivity contribution in [1.29, 1.82) is 0 Å². The largest absolute Gasteiger partial charge is 0.494 e. The second-order valence-corrected chi connectivity index (χ2v) is 13.3. The molecule has 0 unspecified atom stereocenters. The van der Waals surface area contributed by atoms with Gasteiger partial charge in [0.1, 0.15) is 5.75 Å². The van der Waals surface area contributed by atoms with Crippen molar-refractivity contribution in [3.05, 3.63) is 52.1 Å². The molecule has 0 amide bonds. The van der Waals surface area contributed by atoms with Gasteiger partial charge in [0.25, 0.3) is 0 Å². The van der Waals surface area contributed by atoms with Gasteiger partial charge in [0.05, 0.1) is 6.61 Å². The van der Waals surface area contributed by atoms with Crippen LogP contribution in [-0.2, 0) is 0 Å². The fourth-order valence-electron chi connectivity index (χ4n) is 2.22. The zero-order valence-corrected chi connectivity index (χ0v) is 16.2. The Morgan fingerprint density at radius 2 is 1.62 bits per heavy atom. The van der Waals surface area contributed by atoms with Gasteiger partial charge in [-0.05, 0) is 58.3 Å². The minimum atomic E-state index is -0.936. The van der Waals surface area contributed by atoms with E-state index in [0.717, 1.165) is 18.8 Å². The van der Waals surface area contributed by atoms with E-state index < -0.39 is 8.07 Å². The van der Waals surface area contributed by atoms with Crippen molar-refractivity contribution in [3.63, 3.8) is 0 Å². The summed E-state index contributed by atoms with van der Waals surface area (Å²) >= 11 is 2.38. The van der Waals surface area contributed by atoms with Crippen LogP contribution < -0.4 is 4.74 Å². The van der Waals surface area contributed by atoms with Crippen molar-refractivity contribution in [3.8, 4) is 16.9 Å². The molecular formula is C18H23IOSi. The molecule has 0 aliphatic heterocycles. The molecule has 3 heteroatoms. The predicted molar refractivity (Wildman–Crippen MR) is 103 cm³/mol. The first-order valence-electron chi connectivity index (χ1n) is 7.43. The van der Waals surface area contributed by atoms with Gasteiger partial charge < -0.3 is 4.74 Å². The SMILES string of the molecule is C[Si](C)(C)CCCOc1ccc(-c2ccccc2I)cc1. The summed E-state index contributed by atoms with van der Waals surface area (Å²) in [5.74, 6) is 0.972. The van der Waals surface area contributed by atoms with E-state index in [-0.39, 0.29) is 0 Å². The number of hydrogen-bond acceptors (Lipinski definition) is 1. The molecule has 2 rings (SSSR count). The summed E-state index contributed by atoms with van der Waals surface area (Å²) in [4.78, 5) is 0. The van der Waals surface area contributed by atoms with Crippen LogP contribution in [0.15, 0.2) is 48.5 Å². The molecule has 1 nitrogen and oxygen atoms in total. The third-order valence-electron chi connectivity index (χ3n) is 3.38. The molecule has 0 spiro atoms. The van der Waals surface area contributed by atoms with Crippen LogP contribution in [0.2, 0.25) is 25.7 Å². The van der Waals surface area contributed by atoms with Crippen molar-refractivity contribution >= 4 is 30.7 Å². The highest BCUT2D eigenvalue weighted by Gasteiger charge is 2.11. The first kappa shape index (κ1) is 16.6. The van der Waals surface area contributed by atoms with E-state index >= 15 is 0 Å². The van der Waals surface area contributed by atoms with Gasteiger partial charge in [-0.2, -0.15) is 0 Å². The van der Waals surface area contributed by atoms with Gasteiger partial charge in [0.15, 0.2) is 0 Å². The maximum absolute atomic E-state index is 5.84. The molecule has 0 heterocycles. The van der Waals surface area contributed by atoms with Gasteiger partial charge in [-0.1, -0.05) is 56.0 Å². The Balaban J connectivity index is 1.92. The third kappa shape index (κ3) is 5.47. The van der Waals surface area contributed by atoms with E-state index in [0.29, 0.717) is 0 Å². The highest BCUT2D eigenvalue weighted by atomic mass is 127. The molecule has 0 N–H and O–H groups in total. The second kappa shape index (κ2) is 7.45. The molecular weight excluding hydrogens is 387 g/mol. The number of hydrogen-bond donors (Lipinski definition) is 0. The quantitative estimate of drug-likeness (QED) is 0.319. The van der Waals surface area contributed by atoms with Gasteiger partial charge in [0.2, 0.25) is 0 Å². The Morgan fingerprint density at radius 3 is 2.24 bits per heavy atom. The van der Waals surface area contributed by atoms with Crippen LogP contribution in [0.3, 0.4) is 0 Å². The second-order valence-electron chi connectivity index (χ2n) is 6.52. The summed E-state index contributed by atoms with van der Waals surface area (Å²) in [7, 11) is -0.936. The first-order chi connectivity index (χ1) is 9.96. The van der Waals surface area contributed by atoms with Crippen LogP contribution >= 0.6 is 22.6 Å². The van der Waals surface area contributed by atoms with Crippen molar-refractivity contribution in [2.24, 2.45) is 0 Å². The highest BCUT2D eigenvalue weighted by Crippen LogP contribution is 2.26. The minimum absolute atomic E-state index is 0.826. The van der Waals surface area contributed by atoms with Crippen LogP contribution in [0, 0.1) is 3.57 Å². The average molecular weight is 410 g/mol. The Hall–Kier alpha value is -0.813. The molecule has 0 aromatic heterocycles. The fourth-order valence-corrected chi connectivity index (χ4v) is 4.12. The number of ether oxygens (including phenoxy) is 1. The Kier molecular flexibility index (Phi) is 5.87. The van der Waals surface area contributed by atoms with Gasteiger partial charge in [0, 0.05) is 11.6 Å². The van der Waals surface area contributed by atoms with E-state index in [1.165, 1.54) is 20.7 Å². The lowest BCUT2D eigenvalue weighted by Crippen LogP contribution is -2.19. The van der Waals surface area contributed by atoms with E-state index in [4.69, 9.17) is 4.74 Å². The maximum atomic E-state index is 5.84. The lowest BCUT2D eigenvalue weighted by Gasteiger charge is -2.15. The van der Waals surface area contributed by atoms with Crippen LogP contribution in [0.25, 0.3) is 11.1 Å². The predicted octanol–water partition coefficient (Wildman–Crippen LogP) is 6.07. The molecule has 0 fully saturated rings. The van der Waals surface area contributed by atoms with Crippen molar-refractivity contribution < 1.29 is 4.74 Å². The summed E-state index contributed by atoms with van der Waals surface area (Å²) in [6, 6.07) is 18.2. The van der Waals surface area contributed by atoms with Crippen LogP contribution in [-0.4, -0.2) is 14.7 Å². The fraction of sp³-hybridized carbons (Fsp3) is 0.333. The molecule has 0 saturated heterocycles. The van der Waals surface area contributed by atoms with E-state index in [2.05, 4.69) is 90.8 Å². The molecule has 2 aromatic carbocycles. The summed E-state index contributed by atoms with van der Waals surface area (Å²) in [6.07, 6.45) is 1.16. The number of halogens is 1. The molecule has 0 bridgehead atoms. The van der Waals surface area contributed by atoms with E-state index in [1.807, 2.05) is 0 Å². The zero-order chi connectivity index (χ0) is 15.3. The van der Waals surface area contributed by atoms with Crippen LogP contribution in [0.1, 0.15) is 6.42 Å². The Morgan fingerprint density at radius 1 is 0.952 bits per heavy atom. The van der Waals surface area contributed by atoms with Crippen LogP contribution in [0.5, 0.6) is 5.75 Å². The summed E-state index contributed by atoms with van der Waals surface area (Å²) in [5, 5.41) is 0. The van der Waals surface area contributed by atoms with Crippen molar-refractivity contribution in [2.45, 2.75) is 32.1 Å². The standard InChI is InChI=1S/C18H23IOSi/c1-21(2,3)14-6-13-20-16-11-9-15(10-12-16)17-7-4-5-8-18(17)19/h4-5,7-12H,6,13-14H2,1-3H3. The summed E-state index contributed by atoms with van der Waals surface area (Å²) < 4.78 is 7.12. The molecule has 0 atom stereocenters. The van der Waals surface area contributed by atoms with Gasteiger partial charge in [-0.25, -0.2) is 0 Å². The third-order valence-corrected chi connectivity index (χ3v) is 6.17. The monoisotopic (exact) mass is 410 g/mol. The lowest BCUT2D eigenvalue weighted by molar-refractivity contribution is 0.317. The topological polar surface area (TPSA) is 9.23 Å². The summed E-state index contributed by atoms with van der Waals surface area (Å²) in [5.41, 5.74) is 2.53. The average Bonchev–Trinajstić information content (AvgIpc) is 2.44. The van der Waals surface area contributed by atoms with Crippen molar-refractivity contribution in [2.75, 3.05) is 6.61 Å². The smallest absolute Gasteiger partial charge is 0.119 e. The van der Waals surface area contributed by atoms with Crippen LogP contribution in [0.4, 0.5) is 0 Å². The molecule has 0 radical (unpaired) electrons. The van der Waals surface area contributed by atoms with Gasteiger partial charge in [-0.3, -0.25) is 0 Å². The minimum Gasteiger partial charge on any atom is -0.494 e. The first-order valence-corrected chi connectivity index (χ1v) is 12.2.